The van der Waals surface area contributed by atoms with Crippen molar-refractivity contribution in [3.63, 3.8) is 0 Å². The number of morpholine rings is 1. The molecule has 1 heterocycles. The van der Waals surface area contributed by atoms with Gasteiger partial charge < -0.3 is 10.1 Å². The maximum atomic E-state index is 5.53. The van der Waals surface area contributed by atoms with Gasteiger partial charge in [0.05, 0.1) is 13.2 Å². The molecule has 1 saturated heterocycles. The standard InChI is InChI=1S/C13H26N2O/c1-13(2)11-16-10-9-15(13)8-4-3-7-14-12-5-6-12/h12,14H,3-11H2,1-2H3. The molecule has 1 aliphatic heterocycles. The van der Waals surface area contributed by atoms with Gasteiger partial charge in [-0.15, -0.1) is 0 Å². The smallest absolute Gasteiger partial charge is 0.0645 e. The summed E-state index contributed by atoms with van der Waals surface area (Å²) in [5.41, 5.74) is 0.238. The van der Waals surface area contributed by atoms with Crippen molar-refractivity contribution < 1.29 is 4.74 Å². The minimum Gasteiger partial charge on any atom is -0.378 e. The Bertz CT molecular complexity index is 214. The normalized spacial score (nSPS) is 25.9. The molecule has 0 amide bonds. The Kier molecular flexibility index (Phi) is 4.22. The maximum Gasteiger partial charge on any atom is 0.0645 e. The van der Waals surface area contributed by atoms with Gasteiger partial charge in [-0.2, -0.15) is 0 Å². The van der Waals surface area contributed by atoms with Crippen LogP contribution in [0, 0.1) is 0 Å². The van der Waals surface area contributed by atoms with Crippen molar-refractivity contribution in [3.8, 4) is 0 Å². The second kappa shape index (κ2) is 5.48. The third-order valence-electron chi connectivity index (χ3n) is 3.68. The molecule has 2 fully saturated rings. The molecule has 0 aromatic carbocycles. The molecule has 3 nitrogen and oxygen atoms in total. The fraction of sp³-hybridized carbons (Fsp3) is 1.00. The van der Waals surface area contributed by atoms with Crippen LogP contribution in [-0.2, 0) is 4.74 Å². The Labute approximate surface area is 99.5 Å². The number of ether oxygens (including phenoxy) is 1. The van der Waals surface area contributed by atoms with E-state index in [0.717, 1.165) is 25.8 Å². The molecule has 1 aliphatic carbocycles. The highest BCUT2D eigenvalue weighted by Gasteiger charge is 2.29. The van der Waals surface area contributed by atoms with Crippen molar-refractivity contribution >= 4 is 0 Å². The lowest BCUT2D eigenvalue weighted by atomic mass is 10.0. The van der Waals surface area contributed by atoms with Gasteiger partial charge in [-0.05, 0) is 52.6 Å². The van der Waals surface area contributed by atoms with Crippen LogP contribution in [0.25, 0.3) is 0 Å². The number of unbranched alkanes of at least 4 members (excludes halogenated alkanes) is 1. The zero-order chi connectivity index (χ0) is 11.4. The molecule has 0 aromatic rings. The summed E-state index contributed by atoms with van der Waals surface area (Å²) in [5, 5.41) is 3.57. The van der Waals surface area contributed by atoms with Crippen LogP contribution >= 0.6 is 0 Å². The first-order valence-corrected chi connectivity index (χ1v) is 6.75. The lowest BCUT2D eigenvalue weighted by Crippen LogP contribution is -2.53. The highest BCUT2D eigenvalue weighted by Crippen LogP contribution is 2.20. The zero-order valence-electron chi connectivity index (χ0n) is 10.8. The summed E-state index contributed by atoms with van der Waals surface area (Å²) in [6.45, 7) is 9.89. The van der Waals surface area contributed by atoms with Crippen LogP contribution in [0.2, 0.25) is 0 Å². The quantitative estimate of drug-likeness (QED) is 0.697. The van der Waals surface area contributed by atoms with Crippen LogP contribution in [0.1, 0.15) is 39.5 Å². The summed E-state index contributed by atoms with van der Waals surface area (Å²) in [7, 11) is 0. The molecule has 0 atom stereocenters. The summed E-state index contributed by atoms with van der Waals surface area (Å²) in [5.74, 6) is 0. The first-order valence-electron chi connectivity index (χ1n) is 6.75. The molecule has 2 aliphatic rings. The third-order valence-corrected chi connectivity index (χ3v) is 3.68. The van der Waals surface area contributed by atoms with Crippen molar-refractivity contribution in [1.29, 1.82) is 0 Å². The predicted octanol–water partition coefficient (Wildman–Crippen LogP) is 1.63. The Morgan fingerprint density at radius 2 is 2.12 bits per heavy atom. The van der Waals surface area contributed by atoms with Gasteiger partial charge in [-0.1, -0.05) is 0 Å². The highest BCUT2D eigenvalue weighted by molar-refractivity contribution is 4.84. The fourth-order valence-electron chi connectivity index (χ4n) is 2.33. The zero-order valence-corrected chi connectivity index (χ0v) is 10.8. The predicted molar refractivity (Wildman–Crippen MR) is 66.7 cm³/mol. The second-order valence-electron chi connectivity index (χ2n) is 5.79. The summed E-state index contributed by atoms with van der Waals surface area (Å²) in [4.78, 5) is 2.58. The SMILES string of the molecule is CC1(C)COCCN1CCCCNC1CC1. The first-order chi connectivity index (χ1) is 7.68. The molecule has 1 saturated carbocycles. The molecule has 0 aromatic heterocycles. The minimum atomic E-state index is 0.238. The van der Waals surface area contributed by atoms with E-state index in [-0.39, 0.29) is 5.54 Å². The average molecular weight is 226 g/mol. The molecule has 0 spiro atoms. The van der Waals surface area contributed by atoms with E-state index in [1.54, 1.807) is 0 Å². The van der Waals surface area contributed by atoms with Crippen molar-refractivity contribution in [2.45, 2.75) is 51.1 Å². The van der Waals surface area contributed by atoms with E-state index in [0.29, 0.717) is 0 Å². The topological polar surface area (TPSA) is 24.5 Å². The molecule has 3 heteroatoms. The van der Waals surface area contributed by atoms with Crippen LogP contribution in [0.15, 0.2) is 0 Å². The van der Waals surface area contributed by atoms with E-state index < -0.39 is 0 Å². The lowest BCUT2D eigenvalue weighted by molar-refractivity contribution is -0.0512. The monoisotopic (exact) mass is 226 g/mol. The molecule has 0 unspecified atom stereocenters. The van der Waals surface area contributed by atoms with Gasteiger partial charge in [0.1, 0.15) is 0 Å². The summed E-state index contributed by atoms with van der Waals surface area (Å²) >= 11 is 0. The van der Waals surface area contributed by atoms with Crippen LogP contribution in [0.4, 0.5) is 0 Å². The van der Waals surface area contributed by atoms with Gasteiger partial charge in [-0.25, -0.2) is 0 Å². The molecule has 1 N–H and O–H groups in total. The number of nitrogens with one attached hydrogen (secondary N) is 1. The van der Waals surface area contributed by atoms with Gasteiger partial charge in [-0.3, -0.25) is 4.90 Å². The summed E-state index contributed by atoms with van der Waals surface area (Å²) < 4.78 is 5.53. The van der Waals surface area contributed by atoms with Crippen molar-refractivity contribution in [2.75, 3.05) is 32.8 Å². The van der Waals surface area contributed by atoms with Gasteiger partial charge in [0.15, 0.2) is 0 Å². The fourth-order valence-corrected chi connectivity index (χ4v) is 2.33. The minimum absolute atomic E-state index is 0.238. The van der Waals surface area contributed by atoms with E-state index >= 15 is 0 Å². The average Bonchev–Trinajstić information content (AvgIpc) is 3.03. The van der Waals surface area contributed by atoms with E-state index in [4.69, 9.17) is 4.74 Å². The number of hydrogen-bond donors (Lipinski definition) is 1. The van der Waals surface area contributed by atoms with Crippen molar-refractivity contribution in [1.82, 2.24) is 10.2 Å². The molecule has 16 heavy (non-hydrogen) atoms. The molecule has 0 bridgehead atoms. The Morgan fingerprint density at radius 3 is 2.81 bits per heavy atom. The van der Waals surface area contributed by atoms with Gasteiger partial charge in [0.25, 0.3) is 0 Å². The Balaban J connectivity index is 1.56. The lowest BCUT2D eigenvalue weighted by Gasteiger charge is -2.42. The molecule has 94 valence electrons. The molecule has 0 radical (unpaired) electrons. The molecular formula is C13H26N2O. The van der Waals surface area contributed by atoms with E-state index in [2.05, 4.69) is 24.1 Å². The number of hydrogen-bond acceptors (Lipinski definition) is 3. The van der Waals surface area contributed by atoms with Crippen LogP contribution in [-0.4, -0.2) is 49.3 Å². The number of rotatable bonds is 6. The van der Waals surface area contributed by atoms with Crippen LogP contribution in [0.3, 0.4) is 0 Å². The van der Waals surface area contributed by atoms with E-state index in [9.17, 15) is 0 Å². The first kappa shape index (κ1) is 12.3. The van der Waals surface area contributed by atoms with Crippen molar-refractivity contribution in [2.24, 2.45) is 0 Å². The third kappa shape index (κ3) is 3.72. The summed E-state index contributed by atoms with van der Waals surface area (Å²) in [6.07, 6.45) is 5.42. The van der Waals surface area contributed by atoms with Gasteiger partial charge >= 0.3 is 0 Å². The Hall–Kier alpha value is -0.120. The van der Waals surface area contributed by atoms with Gasteiger partial charge in [0, 0.05) is 18.1 Å². The Morgan fingerprint density at radius 1 is 1.31 bits per heavy atom. The highest BCUT2D eigenvalue weighted by atomic mass is 16.5. The molecule has 2 rings (SSSR count). The number of nitrogens with zero attached hydrogens (tertiary/aromatic N) is 1. The maximum absolute atomic E-state index is 5.53. The molecular weight excluding hydrogens is 200 g/mol. The van der Waals surface area contributed by atoms with Crippen LogP contribution < -0.4 is 5.32 Å². The van der Waals surface area contributed by atoms with E-state index in [1.807, 2.05) is 0 Å². The van der Waals surface area contributed by atoms with E-state index in [1.165, 1.54) is 38.8 Å². The van der Waals surface area contributed by atoms with Gasteiger partial charge in [0.2, 0.25) is 0 Å². The second-order valence-corrected chi connectivity index (χ2v) is 5.79. The largest absolute Gasteiger partial charge is 0.378 e. The van der Waals surface area contributed by atoms with Crippen molar-refractivity contribution in [3.05, 3.63) is 0 Å². The van der Waals surface area contributed by atoms with Crippen LogP contribution in [0.5, 0.6) is 0 Å². The summed E-state index contributed by atoms with van der Waals surface area (Å²) in [6, 6.07) is 0.861.